The van der Waals surface area contributed by atoms with Gasteiger partial charge in [0.05, 0.1) is 12.8 Å². The first kappa shape index (κ1) is 18.6. The topological polar surface area (TPSA) is 58.2 Å². The third-order valence-corrected chi connectivity index (χ3v) is 4.39. The number of benzene rings is 2. The maximum Gasteiger partial charge on any atom is 0.253 e. The summed E-state index contributed by atoms with van der Waals surface area (Å²) >= 11 is 0. The van der Waals surface area contributed by atoms with Crippen molar-refractivity contribution in [1.29, 1.82) is 0 Å². The number of H-pyrrole nitrogens is 1. The van der Waals surface area contributed by atoms with E-state index in [2.05, 4.69) is 10.2 Å². The molecule has 1 amide bonds. The van der Waals surface area contributed by atoms with Gasteiger partial charge in [-0.2, -0.15) is 5.10 Å². The standard InChI is InChI=1S/C21H22FN3O2/c1-25(21(26)16-10-11-20(27-2)18(22)13-16)12-6-9-17-14-19(24-23-17)15-7-4-3-5-8-15/h3-5,7-8,10-11,13-14H,6,9,12H2,1-2H3,(H,23,24). The first-order valence-corrected chi connectivity index (χ1v) is 8.77. The molecule has 0 bridgehead atoms. The summed E-state index contributed by atoms with van der Waals surface area (Å²) < 4.78 is 18.7. The summed E-state index contributed by atoms with van der Waals surface area (Å²) in [6, 6.07) is 16.2. The fraction of sp³-hybridized carbons (Fsp3) is 0.238. The SMILES string of the molecule is COc1ccc(C(=O)N(C)CCCc2cc(-c3ccccc3)n[nH]2)cc1F. The predicted molar refractivity (Wildman–Crippen MR) is 102 cm³/mol. The number of aryl methyl sites for hydroxylation is 1. The third-order valence-electron chi connectivity index (χ3n) is 4.39. The molecule has 27 heavy (non-hydrogen) atoms. The van der Waals surface area contributed by atoms with Crippen LogP contribution in [0.2, 0.25) is 0 Å². The van der Waals surface area contributed by atoms with E-state index in [1.54, 1.807) is 18.0 Å². The fourth-order valence-electron chi connectivity index (χ4n) is 2.87. The van der Waals surface area contributed by atoms with Gasteiger partial charge >= 0.3 is 0 Å². The molecule has 0 aliphatic rings. The third kappa shape index (κ3) is 4.53. The van der Waals surface area contributed by atoms with Crippen LogP contribution in [0.25, 0.3) is 11.3 Å². The monoisotopic (exact) mass is 367 g/mol. The van der Waals surface area contributed by atoms with E-state index >= 15 is 0 Å². The number of halogens is 1. The van der Waals surface area contributed by atoms with Gasteiger partial charge in [0.15, 0.2) is 11.6 Å². The van der Waals surface area contributed by atoms with Crippen molar-refractivity contribution in [3.05, 3.63) is 71.7 Å². The van der Waals surface area contributed by atoms with Crippen molar-refractivity contribution in [3.8, 4) is 17.0 Å². The smallest absolute Gasteiger partial charge is 0.253 e. The molecule has 1 aromatic heterocycles. The summed E-state index contributed by atoms with van der Waals surface area (Å²) in [7, 11) is 3.11. The second-order valence-corrected chi connectivity index (χ2v) is 6.32. The van der Waals surface area contributed by atoms with E-state index in [4.69, 9.17) is 4.74 Å². The van der Waals surface area contributed by atoms with E-state index in [9.17, 15) is 9.18 Å². The van der Waals surface area contributed by atoms with Crippen LogP contribution >= 0.6 is 0 Å². The molecule has 0 radical (unpaired) electrons. The van der Waals surface area contributed by atoms with Gasteiger partial charge in [0.2, 0.25) is 0 Å². The second kappa shape index (κ2) is 8.49. The molecule has 0 saturated heterocycles. The maximum absolute atomic E-state index is 13.8. The first-order valence-electron chi connectivity index (χ1n) is 8.77. The van der Waals surface area contributed by atoms with Gasteiger partial charge < -0.3 is 9.64 Å². The lowest BCUT2D eigenvalue weighted by Gasteiger charge is -2.17. The summed E-state index contributed by atoms with van der Waals surface area (Å²) in [6.45, 7) is 0.562. The normalized spacial score (nSPS) is 10.6. The molecule has 3 aromatic rings. The number of ether oxygens (including phenoxy) is 1. The van der Waals surface area contributed by atoms with Crippen LogP contribution in [0.1, 0.15) is 22.5 Å². The van der Waals surface area contributed by atoms with Crippen molar-refractivity contribution in [2.75, 3.05) is 20.7 Å². The van der Waals surface area contributed by atoms with Gasteiger partial charge in [0, 0.05) is 30.4 Å². The zero-order valence-corrected chi connectivity index (χ0v) is 15.4. The average Bonchev–Trinajstić information content (AvgIpc) is 3.17. The van der Waals surface area contributed by atoms with Crippen molar-refractivity contribution < 1.29 is 13.9 Å². The largest absolute Gasteiger partial charge is 0.494 e. The number of aromatic amines is 1. The van der Waals surface area contributed by atoms with Gasteiger partial charge in [-0.25, -0.2) is 4.39 Å². The van der Waals surface area contributed by atoms with Crippen LogP contribution in [0.4, 0.5) is 4.39 Å². The molecule has 3 rings (SSSR count). The first-order chi connectivity index (χ1) is 13.1. The Kier molecular flexibility index (Phi) is 5.86. The van der Waals surface area contributed by atoms with Crippen LogP contribution < -0.4 is 4.74 Å². The van der Waals surface area contributed by atoms with Crippen molar-refractivity contribution in [3.63, 3.8) is 0 Å². The van der Waals surface area contributed by atoms with Crippen LogP contribution in [0.5, 0.6) is 5.75 Å². The number of carbonyl (C=O) groups is 1. The van der Waals surface area contributed by atoms with E-state index < -0.39 is 5.82 Å². The number of amides is 1. The second-order valence-electron chi connectivity index (χ2n) is 6.32. The minimum atomic E-state index is -0.539. The Balaban J connectivity index is 1.53. The van der Waals surface area contributed by atoms with Gasteiger partial charge in [-0.05, 0) is 37.1 Å². The lowest BCUT2D eigenvalue weighted by molar-refractivity contribution is 0.0793. The minimum Gasteiger partial charge on any atom is -0.494 e. The van der Waals surface area contributed by atoms with Crippen LogP contribution in [0, 0.1) is 5.82 Å². The molecular formula is C21H22FN3O2. The van der Waals surface area contributed by atoms with Crippen LogP contribution in [-0.4, -0.2) is 41.7 Å². The van der Waals surface area contributed by atoms with Gasteiger partial charge in [-0.3, -0.25) is 9.89 Å². The summed E-state index contributed by atoms with van der Waals surface area (Å²) in [5, 5.41) is 7.38. The van der Waals surface area contributed by atoms with E-state index in [0.717, 1.165) is 29.8 Å². The Hall–Kier alpha value is -3.15. The van der Waals surface area contributed by atoms with Crippen LogP contribution in [-0.2, 0) is 6.42 Å². The number of nitrogens with one attached hydrogen (secondary N) is 1. The van der Waals surface area contributed by atoms with Gasteiger partial charge in [0.25, 0.3) is 5.91 Å². The van der Waals surface area contributed by atoms with Gasteiger partial charge in [-0.15, -0.1) is 0 Å². The Bertz CT molecular complexity index is 909. The Morgan fingerprint density at radius 1 is 1.19 bits per heavy atom. The van der Waals surface area contributed by atoms with Crippen molar-refractivity contribution in [2.24, 2.45) is 0 Å². The molecule has 0 atom stereocenters. The van der Waals surface area contributed by atoms with Crippen molar-refractivity contribution >= 4 is 5.91 Å². The van der Waals surface area contributed by atoms with Gasteiger partial charge in [-0.1, -0.05) is 30.3 Å². The molecule has 6 heteroatoms. The molecule has 0 aliphatic carbocycles. The highest BCUT2D eigenvalue weighted by molar-refractivity contribution is 5.94. The number of rotatable bonds is 7. The molecule has 0 saturated carbocycles. The average molecular weight is 367 g/mol. The van der Waals surface area contributed by atoms with Gasteiger partial charge in [0.1, 0.15) is 0 Å². The summed E-state index contributed by atoms with van der Waals surface area (Å²) in [5.41, 5.74) is 3.30. The highest BCUT2D eigenvalue weighted by atomic mass is 19.1. The fourth-order valence-corrected chi connectivity index (χ4v) is 2.87. The predicted octanol–water partition coefficient (Wildman–Crippen LogP) is 3.93. The molecule has 5 nitrogen and oxygen atoms in total. The van der Waals surface area contributed by atoms with E-state index in [1.807, 2.05) is 36.4 Å². The van der Waals surface area contributed by atoms with Crippen molar-refractivity contribution in [2.45, 2.75) is 12.8 Å². The Morgan fingerprint density at radius 3 is 2.67 bits per heavy atom. The highest BCUT2D eigenvalue weighted by Gasteiger charge is 2.14. The molecule has 2 aromatic carbocycles. The summed E-state index contributed by atoms with van der Waals surface area (Å²) in [4.78, 5) is 14.0. The molecular weight excluding hydrogens is 345 g/mol. The zero-order valence-electron chi connectivity index (χ0n) is 15.4. The van der Waals surface area contributed by atoms with Crippen LogP contribution in [0.15, 0.2) is 54.6 Å². The number of methoxy groups -OCH3 is 1. The number of aromatic nitrogens is 2. The quantitative estimate of drug-likeness (QED) is 0.688. The Morgan fingerprint density at radius 2 is 1.96 bits per heavy atom. The van der Waals surface area contributed by atoms with E-state index in [1.165, 1.54) is 19.2 Å². The maximum atomic E-state index is 13.8. The van der Waals surface area contributed by atoms with E-state index in [0.29, 0.717) is 12.1 Å². The molecule has 0 spiro atoms. The highest BCUT2D eigenvalue weighted by Crippen LogP contribution is 2.19. The molecule has 1 N–H and O–H groups in total. The number of nitrogens with zero attached hydrogens (tertiary/aromatic N) is 2. The number of carbonyl (C=O) groups excluding carboxylic acids is 1. The summed E-state index contributed by atoms with van der Waals surface area (Å²) in [6.07, 6.45) is 1.55. The molecule has 0 fully saturated rings. The zero-order chi connectivity index (χ0) is 19.2. The number of hydrogen-bond donors (Lipinski definition) is 1. The lowest BCUT2D eigenvalue weighted by Crippen LogP contribution is -2.28. The lowest BCUT2D eigenvalue weighted by atomic mass is 10.1. The van der Waals surface area contributed by atoms with Crippen molar-refractivity contribution in [1.82, 2.24) is 15.1 Å². The molecule has 1 heterocycles. The Labute approximate surface area is 157 Å². The van der Waals surface area contributed by atoms with E-state index in [-0.39, 0.29) is 11.7 Å². The molecule has 140 valence electrons. The minimum absolute atomic E-state index is 0.127. The number of hydrogen-bond acceptors (Lipinski definition) is 3. The summed E-state index contributed by atoms with van der Waals surface area (Å²) in [5.74, 6) is -0.628. The molecule has 0 unspecified atom stereocenters. The van der Waals surface area contributed by atoms with Crippen LogP contribution in [0.3, 0.4) is 0 Å². The molecule has 0 aliphatic heterocycles.